The summed E-state index contributed by atoms with van der Waals surface area (Å²) in [5.41, 5.74) is 0. The van der Waals surface area contributed by atoms with E-state index in [2.05, 4.69) is 5.32 Å². The molecule has 0 aliphatic carbocycles. The summed E-state index contributed by atoms with van der Waals surface area (Å²) in [5, 5.41) is 3.08. The van der Waals surface area contributed by atoms with Gasteiger partial charge in [-0.2, -0.15) is 0 Å². The Bertz CT molecular complexity index is 670. The van der Waals surface area contributed by atoms with Gasteiger partial charge in [0, 0.05) is 57.1 Å². The molecule has 1 N–H and O–H groups in total. The van der Waals surface area contributed by atoms with Crippen molar-refractivity contribution in [1.82, 2.24) is 20.0 Å². The van der Waals surface area contributed by atoms with E-state index in [-0.39, 0.29) is 60.0 Å². The predicted octanol–water partition coefficient (Wildman–Crippen LogP) is 0.607. The van der Waals surface area contributed by atoms with Crippen molar-refractivity contribution in [2.75, 3.05) is 26.2 Å². The number of likely N-dealkylation sites (tertiary alicyclic amines) is 3. The van der Waals surface area contributed by atoms with Crippen LogP contribution in [0.4, 0.5) is 0 Å². The summed E-state index contributed by atoms with van der Waals surface area (Å²) < 4.78 is 0. The van der Waals surface area contributed by atoms with E-state index < -0.39 is 0 Å². The van der Waals surface area contributed by atoms with Crippen LogP contribution < -0.4 is 5.32 Å². The Labute approximate surface area is 172 Å². The summed E-state index contributed by atoms with van der Waals surface area (Å²) >= 11 is 0. The minimum absolute atomic E-state index is 0.0344. The highest BCUT2D eigenvalue weighted by molar-refractivity contribution is 5.90. The van der Waals surface area contributed by atoms with Crippen molar-refractivity contribution in [3.8, 4) is 0 Å². The largest absolute Gasteiger partial charge is 0.353 e. The fourth-order valence-electron chi connectivity index (χ4n) is 4.62. The number of rotatable bonds is 5. The van der Waals surface area contributed by atoms with Crippen LogP contribution in [-0.2, 0) is 19.2 Å². The van der Waals surface area contributed by atoms with Gasteiger partial charge in [-0.3, -0.25) is 19.2 Å². The molecule has 3 rings (SSSR count). The molecule has 0 radical (unpaired) electrons. The maximum atomic E-state index is 12.8. The molecule has 0 saturated carbocycles. The van der Waals surface area contributed by atoms with Gasteiger partial charge in [-0.25, -0.2) is 0 Å². The summed E-state index contributed by atoms with van der Waals surface area (Å²) in [5.74, 6) is -0.428. The second-order valence-electron chi connectivity index (χ2n) is 9.19. The fraction of sp³-hybridized carbons (Fsp3) is 0.810. The summed E-state index contributed by atoms with van der Waals surface area (Å²) in [6.07, 6.45) is 2.00. The molecule has 4 amide bonds. The van der Waals surface area contributed by atoms with Gasteiger partial charge in [-0.05, 0) is 40.5 Å². The SMILES string of the molecule is CC(C)N1CC(C(=O)NC2CCN(C(=O)C3CC(=O)N(C(C)C)C3)CC2)CC1=O. The van der Waals surface area contributed by atoms with Gasteiger partial charge in [-0.1, -0.05) is 0 Å². The Morgan fingerprint density at radius 3 is 1.83 bits per heavy atom. The minimum atomic E-state index is -0.281. The van der Waals surface area contributed by atoms with E-state index in [1.165, 1.54) is 0 Å². The van der Waals surface area contributed by atoms with Gasteiger partial charge in [0.05, 0.1) is 11.8 Å². The molecule has 29 heavy (non-hydrogen) atoms. The first-order valence-electron chi connectivity index (χ1n) is 10.9. The number of piperidine rings is 1. The molecule has 0 bridgehead atoms. The van der Waals surface area contributed by atoms with Crippen LogP contribution in [-0.4, -0.2) is 82.6 Å². The van der Waals surface area contributed by atoms with Crippen LogP contribution in [0.5, 0.6) is 0 Å². The van der Waals surface area contributed by atoms with Gasteiger partial charge in [0.2, 0.25) is 23.6 Å². The quantitative estimate of drug-likeness (QED) is 0.724. The molecule has 0 aromatic rings. The number of amides is 4. The lowest BCUT2D eigenvalue weighted by Gasteiger charge is -2.34. The van der Waals surface area contributed by atoms with Gasteiger partial charge in [-0.15, -0.1) is 0 Å². The van der Waals surface area contributed by atoms with Crippen molar-refractivity contribution in [3.63, 3.8) is 0 Å². The molecular formula is C21H34N4O4. The summed E-state index contributed by atoms with van der Waals surface area (Å²) in [6, 6.07) is 0.270. The number of carbonyl (C=O) groups excluding carboxylic acids is 4. The molecule has 8 heteroatoms. The van der Waals surface area contributed by atoms with E-state index in [0.717, 1.165) is 0 Å². The topological polar surface area (TPSA) is 90.0 Å². The molecule has 3 aliphatic rings. The maximum Gasteiger partial charge on any atom is 0.227 e. The van der Waals surface area contributed by atoms with Gasteiger partial charge in [0.1, 0.15) is 0 Å². The Balaban J connectivity index is 1.45. The zero-order chi connectivity index (χ0) is 21.3. The van der Waals surface area contributed by atoms with E-state index in [0.29, 0.717) is 45.4 Å². The molecule has 162 valence electrons. The highest BCUT2D eigenvalue weighted by atomic mass is 16.2. The number of carbonyl (C=O) groups is 4. The third kappa shape index (κ3) is 4.73. The minimum Gasteiger partial charge on any atom is -0.353 e. The molecule has 0 aromatic carbocycles. The van der Waals surface area contributed by atoms with Crippen LogP contribution in [0.2, 0.25) is 0 Å². The molecule has 8 nitrogen and oxygen atoms in total. The van der Waals surface area contributed by atoms with Gasteiger partial charge >= 0.3 is 0 Å². The Morgan fingerprint density at radius 1 is 0.862 bits per heavy atom. The second kappa shape index (κ2) is 8.71. The number of hydrogen-bond donors (Lipinski definition) is 1. The molecular weight excluding hydrogens is 372 g/mol. The zero-order valence-electron chi connectivity index (χ0n) is 18.0. The van der Waals surface area contributed by atoms with Crippen LogP contribution in [0, 0.1) is 11.8 Å². The van der Waals surface area contributed by atoms with Crippen molar-refractivity contribution < 1.29 is 19.2 Å². The van der Waals surface area contributed by atoms with E-state index in [9.17, 15) is 19.2 Å². The Kier molecular flexibility index (Phi) is 6.49. The standard InChI is InChI=1S/C21H34N4O4/c1-13(2)24-11-15(9-18(24)26)20(28)22-17-5-7-23(8-6-17)21(29)16-10-19(27)25(12-16)14(3)4/h13-17H,5-12H2,1-4H3,(H,22,28). The van der Waals surface area contributed by atoms with Crippen molar-refractivity contribution in [3.05, 3.63) is 0 Å². The molecule has 3 fully saturated rings. The highest BCUT2D eigenvalue weighted by Crippen LogP contribution is 2.25. The van der Waals surface area contributed by atoms with E-state index in [1.807, 2.05) is 32.6 Å². The number of nitrogens with zero attached hydrogens (tertiary/aromatic N) is 3. The van der Waals surface area contributed by atoms with Gasteiger partial charge < -0.3 is 20.0 Å². The lowest BCUT2D eigenvalue weighted by atomic mass is 10.00. The first-order valence-corrected chi connectivity index (χ1v) is 10.9. The van der Waals surface area contributed by atoms with Gasteiger partial charge in [0.25, 0.3) is 0 Å². The van der Waals surface area contributed by atoms with Crippen molar-refractivity contribution in [2.24, 2.45) is 11.8 Å². The normalized spacial score (nSPS) is 26.2. The molecule has 3 aliphatic heterocycles. The van der Waals surface area contributed by atoms with Crippen LogP contribution in [0.25, 0.3) is 0 Å². The molecule has 3 heterocycles. The van der Waals surface area contributed by atoms with Crippen LogP contribution >= 0.6 is 0 Å². The Morgan fingerprint density at radius 2 is 1.34 bits per heavy atom. The van der Waals surface area contributed by atoms with E-state index in [1.54, 1.807) is 9.80 Å². The zero-order valence-corrected chi connectivity index (χ0v) is 18.0. The van der Waals surface area contributed by atoms with E-state index >= 15 is 0 Å². The lowest BCUT2D eigenvalue weighted by Crippen LogP contribution is -2.49. The van der Waals surface area contributed by atoms with Crippen molar-refractivity contribution >= 4 is 23.6 Å². The number of hydrogen-bond acceptors (Lipinski definition) is 4. The highest BCUT2D eigenvalue weighted by Gasteiger charge is 2.39. The molecule has 0 spiro atoms. The third-order valence-electron chi connectivity index (χ3n) is 6.44. The lowest BCUT2D eigenvalue weighted by molar-refractivity contribution is -0.137. The average Bonchev–Trinajstić information content (AvgIpc) is 3.25. The van der Waals surface area contributed by atoms with E-state index in [4.69, 9.17) is 0 Å². The number of nitrogens with one attached hydrogen (secondary N) is 1. The molecule has 2 atom stereocenters. The molecule has 2 unspecified atom stereocenters. The third-order valence-corrected chi connectivity index (χ3v) is 6.44. The summed E-state index contributed by atoms with van der Waals surface area (Å²) in [7, 11) is 0. The molecule has 0 aromatic heterocycles. The van der Waals surface area contributed by atoms with Crippen LogP contribution in [0.1, 0.15) is 53.4 Å². The van der Waals surface area contributed by atoms with Gasteiger partial charge in [0.15, 0.2) is 0 Å². The predicted molar refractivity (Wildman–Crippen MR) is 108 cm³/mol. The molecule has 3 saturated heterocycles. The van der Waals surface area contributed by atoms with Crippen LogP contribution in [0.3, 0.4) is 0 Å². The summed E-state index contributed by atoms with van der Waals surface area (Å²) in [4.78, 5) is 54.9. The fourth-order valence-corrected chi connectivity index (χ4v) is 4.62. The first-order chi connectivity index (χ1) is 13.7. The Hall–Kier alpha value is -2.12. The first kappa shape index (κ1) is 21.6. The van der Waals surface area contributed by atoms with Crippen LogP contribution in [0.15, 0.2) is 0 Å². The average molecular weight is 407 g/mol. The summed E-state index contributed by atoms with van der Waals surface area (Å²) in [6.45, 7) is 10.0. The van der Waals surface area contributed by atoms with Crippen molar-refractivity contribution in [2.45, 2.75) is 71.5 Å². The van der Waals surface area contributed by atoms with Crippen molar-refractivity contribution in [1.29, 1.82) is 0 Å². The smallest absolute Gasteiger partial charge is 0.227 e. The second-order valence-corrected chi connectivity index (χ2v) is 9.19. The maximum absolute atomic E-state index is 12.8. The monoisotopic (exact) mass is 406 g/mol.